The second kappa shape index (κ2) is 7.83. The van der Waals surface area contributed by atoms with Crippen LogP contribution in [0.3, 0.4) is 0 Å². The SMILES string of the molecule is O[C@@H]1COC2[C@H](Oc3nc4nc(OCc5c(F)ccc(F)c5F)c(Cl)cc4[nH]3)CO[C@@H]21. The third-order valence-electron chi connectivity index (χ3n) is 5.11. The van der Waals surface area contributed by atoms with Crippen molar-refractivity contribution in [2.24, 2.45) is 0 Å². The topological polar surface area (TPSA) is 98.7 Å². The van der Waals surface area contributed by atoms with Gasteiger partial charge in [-0.2, -0.15) is 9.97 Å². The Kier molecular flexibility index (Phi) is 5.13. The van der Waals surface area contributed by atoms with E-state index in [1.54, 1.807) is 0 Å². The van der Waals surface area contributed by atoms with Gasteiger partial charge in [-0.1, -0.05) is 11.6 Å². The summed E-state index contributed by atoms with van der Waals surface area (Å²) >= 11 is 6.14. The summed E-state index contributed by atoms with van der Waals surface area (Å²) in [7, 11) is 0. The first-order valence-corrected chi connectivity index (χ1v) is 9.68. The van der Waals surface area contributed by atoms with E-state index >= 15 is 0 Å². The van der Waals surface area contributed by atoms with E-state index in [2.05, 4.69) is 15.0 Å². The molecule has 0 saturated carbocycles. The van der Waals surface area contributed by atoms with Gasteiger partial charge in [-0.05, 0) is 18.2 Å². The van der Waals surface area contributed by atoms with Crippen molar-refractivity contribution in [2.45, 2.75) is 31.0 Å². The number of pyridine rings is 1. The molecule has 12 heteroatoms. The molecule has 0 aliphatic carbocycles. The Bertz CT molecular complexity index is 1150. The zero-order valence-corrected chi connectivity index (χ0v) is 16.4. The first-order chi connectivity index (χ1) is 14.9. The third kappa shape index (κ3) is 3.67. The average molecular weight is 458 g/mol. The van der Waals surface area contributed by atoms with Crippen LogP contribution in [0.5, 0.6) is 11.9 Å². The first-order valence-electron chi connectivity index (χ1n) is 9.30. The normalized spacial score (nSPS) is 25.2. The number of hydrogen-bond donors (Lipinski definition) is 2. The van der Waals surface area contributed by atoms with Crippen LogP contribution in [0, 0.1) is 17.5 Å². The van der Waals surface area contributed by atoms with Gasteiger partial charge in [-0.15, -0.1) is 0 Å². The molecule has 2 aromatic heterocycles. The second-order valence-electron chi connectivity index (χ2n) is 7.12. The quantitative estimate of drug-likeness (QED) is 0.568. The van der Waals surface area contributed by atoms with Crippen molar-refractivity contribution in [1.29, 1.82) is 0 Å². The maximum absolute atomic E-state index is 13.8. The minimum atomic E-state index is -1.34. The van der Waals surface area contributed by atoms with Gasteiger partial charge in [0.2, 0.25) is 5.88 Å². The molecule has 0 amide bonds. The summed E-state index contributed by atoms with van der Waals surface area (Å²) in [5, 5.41) is 9.85. The van der Waals surface area contributed by atoms with Gasteiger partial charge in [-0.3, -0.25) is 0 Å². The van der Waals surface area contributed by atoms with Gasteiger partial charge in [0, 0.05) is 0 Å². The number of ether oxygens (including phenoxy) is 4. The van der Waals surface area contributed by atoms with E-state index in [9.17, 15) is 18.3 Å². The minimum absolute atomic E-state index is 0.0476. The Labute approximate surface area is 177 Å². The van der Waals surface area contributed by atoms with E-state index in [-0.39, 0.29) is 35.8 Å². The van der Waals surface area contributed by atoms with Gasteiger partial charge < -0.3 is 29.0 Å². The Morgan fingerprint density at radius 1 is 1.13 bits per heavy atom. The summed E-state index contributed by atoms with van der Waals surface area (Å²) < 4.78 is 63.0. The van der Waals surface area contributed by atoms with Crippen molar-refractivity contribution < 1.29 is 37.2 Å². The van der Waals surface area contributed by atoms with Crippen LogP contribution in [-0.2, 0) is 16.1 Å². The zero-order chi connectivity index (χ0) is 21.7. The molecule has 0 radical (unpaired) electrons. The fourth-order valence-electron chi connectivity index (χ4n) is 3.57. The number of H-pyrrole nitrogens is 1. The van der Waals surface area contributed by atoms with Crippen LogP contribution < -0.4 is 9.47 Å². The number of hydrogen-bond acceptors (Lipinski definition) is 7. The lowest BCUT2D eigenvalue weighted by atomic mass is 10.1. The highest BCUT2D eigenvalue weighted by Crippen LogP contribution is 2.31. The molecule has 0 spiro atoms. The predicted octanol–water partition coefficient (Wildman–Crippen LogP) is 2.51. The molecule has 1 aromatic carbocycles. The number of aromatic amines is 1. The molecule has 2 fully saturated rings. The minimum Gasteiger partial charge on any atom is -0.471 e. The molecular weight excluding hydrogens is 443 g/mol. The Morgan fingerprint density at radius 2 is 1.90 bits per heavy atom. The van der Waals surface area contributed by atoms with Crippen molar-refractivity contribution in [3.63, 3.8) is 0 Å². The molecule has 2 aliphatic heterocycles. The smallest absolute Gasteiger partial charge is 0.296 e. The van der Waals surface area contributed by atoms with Crippen LogP contribution in [0.1, 0.15) is 5.56 Å². The fourth-order valence-corrected chi connectivity index (χ4v) is 3.77. The van der Waals surface area contributed by atoms with Gasteiger partial charge in [0.15, 0.2) is 23.4 Å². The molecule has 31 heavy (non-hydrogen) atoms. The highest BCUT2D eigenvalue weighted by atomic mass is 35.5. The summed E-state index contributed by atoms with van der Waals surface area (Å²) in [6, 6.07) is 3.07. The molecule has 164 valence electrons. The van der Waals surface area contributed by atoms with E-state index in [1.165, 1.54) is 6.07 Å². The average Bonchev–Trinajstić information content (AvgIpc) is 3.42. The molecule has 2 saturated heterocycles. The fraction of sp³-hybridized carbons (Fsp3) is 0.368. The van der Waals surface area contributed by atoms with E-state index < -0.39 is 54.0 Å². The summed E-state index contributed by atoms with van der Waals surface area (Å²) in [4.78, 5) is 11.2. The summed E-state index contributed by atoms with van der Waals surface area (Å²) in [5.74, 6) is -3.63. The molecule has 4 heterocycles. The molecule has 0 bridgehead atoms. The lowest BCUT2D eigenvalue weighted by molar-refractivity contribution is 0.00706. The number of aliphatic hydroxyl groups is 1. The predicted molar refractivity (Wildman–Crippen MR) is 99.4 cm³/mol. The van der Waals surface area contributed by atoms with Crippen molar-refractivity contribution >= 4 is 22.8 Å². The number of halogens is 4. The van der Waals surface area contributed by atoms with Gasteiger partial charge >= 0.3 is 0 Å². The van der Waals surface area contributed by atoms with Crippen molar-refractivity contribution in [2.75, 3.05) is 13.2 Å². The zero-order valence-electron chi connectivity index (χ0n) is 15.6. The van der Waals surface area contributed by atoms with Crippen molar-refractivity contribution in [1.82, 2.24) is 15.0 Å². The molecule has 1 unspecified atom stereocenters. The third-order valence-corrected chi connectivity index (χ3v) is 5.38. The Hall–Kier alpha value is -2.60. The summed E-state index contributed by atoms with van der Waals surface area (Å²) in [6.07, 6.45) is -2.06. The van der Waals surface area contributed by atoms with Crippen LogP contribution in [-0.4, -0.2) is 57.7 Å². The summed E-state index contributed by atoms with van der Waals surface area (Å²) in [5.41, 5.74) is 0.0225. The monoisotopic (exact) mass is 457 g/mol. The van der Waals surface area contributed by atoms with E-state index in [4.69, 9.17) is 30.5 Å². The van der Waals surface area contributed by atoms with E-state index in [0.29, 0.717) is 11.6 Å². The largest absolute Gasteiger partial charge is 0.471 e. The number of benzene rings is 1. The van der Waals surface area contributed by atoms with Gasteiger partial charge in [-0.25, -0.2) is 13.2 Å². The lowest BCUT2D eigenvalue weighted by Gasteiger charge is -2.15. The number of aliphatic hydroxyl groups excluding tert-OH is 1. The molecule has 5 rings (SSSR count). The number of rotatable bonds is 5. The molecule has 4 atom stereocenters. The van der Waals surface area contributed by atoms with Crippen LogP contribution in [0.25, 0.3) is 11.2 Å². The van der Waals surface area contributed by atoms with Crippen LogP contribution >= 0.6 is 11.6 Å². The maximum Gasteiger partial charge on any atom is 0.296 e. The van der Waals surface area contributed by atoms with Gasteiger partial charge in [0.05, 0.1) is 24.3 Å². The Morgan fingerprint density at radius 3 is 2.74 bits per heavy atom. The number of nitrogens with one attached hydrogen (secondary N) is 1. The highest BCUT2D eigenvalue weighted by Gasteiger charge is 2.48. The van der Waals surface area contributed by atoms with Crippen molar-refractivity contribution in [3.05, 3.63) is 46.2 Å². The maximum atomic E-state index is 13.8. The molecule has 8 nitrogen and oxygen atoms in total. The van der Waals surface area contributed by atoms with Gasteiger partial charge in [0.25, 0.3) is 6.01 Å². The highest BCUT2D eigenvalue weighted by molar-refractivity contribution is 6.32. The van der Waals surface area contributed by atoms with Gasteiger partial charge in [0.1, 0.15) is 35.8 Å². The summed E-state index contributed by atoms with van der Waals surface area (Å²) in [6.45, 7) is -0.236. The standard InChI is InChI=1S/C19H15ClF3N3O5/c20-8-3-11-17(25-18(8)30-4-7-9(21)1-2-10(22)14(7)23)26-19(24-11)31-13-6-29-15-12(27)5-28-16(13)15/h1-3,12-13,15-16,27H,4-6H2,(H,24,25,26)/t12-,13-,15-,16?/m1/s1. The van der Waals surface area contributed by atoms with Crippen LogP contribution in [0.15, 0.2) is 18.2 Å². The Balaban J connectivity index is 1.34. The lowest BCUT2D eigenvalue weighted by Crippen LogP contribution is -2.34. The molecule has 2 aliphatic rings. The molecule has 2 N–H and O–H groups in total. The molecular formula is C19H15ClF3N3O5. The van der Waals surface area contributed by atoms with Crippen LogP contribution in [0.2, 0.25) is 5.02 Å². The van der Waals surface area contributed by atoms with E-state index in [1.807, 2.05) is 0 Å². The second-order valence-corrected chi connectivity index (χ2v) is 7.53. The van der Waals surface area contributed by atoms with Crippen LogP contribution in [0.4, 0.5) is 13.2 Å². The number of imidazole rings is 1. The van der Waals surface area contributed by atoms with Crippen molar-refractivity contribution in [3.8, 4) is 11.9 Å². The number of fused-ring (bicyclic) bond motifs is 2. The first kappa shape index (κ1) is 20.3. The number of aromatic nitrogens is 3. The number of nitrogens with zero attached hydrogens (tertiary/aromatic N) is 2. The molecule has 3 aromatic rings. The van der Waals surface area contributed by atoms with E-state index in [0.717, 1.165) is 6.07 Å².